The van der Waals surface area contributed by atoms with Crippen molar-refractivity contribution in [3.63, 3.8) is 0 Å². The van der Waals surface area contributed by atoms with Crippen molar-refractivity contribution in [2.24, 2.45) is 13.0 Å². The number of urea groups is 1. The summed E-state index contributed by atoms with van der Waals surface area (Å²) in [4.78, 5) is 24.2. The fourth-order valence-corrected chi connectivity index (χ4v) is 2.97. The van der Waals surface area contributed by atoms with Crippen LogP contribution >= 0.6 is 0 Å². The molecule has 0 saturated heterocycles. The van der Waals surface area contributed by atoms with Gasteiger partial charge in [-0.2, -0.15) is 5.10 Å². The van der Waals surface area contributed by atoms with E-state index in [0.717, 1.165) is 24.8 Å². The maximum Gasteiger partial charge on any atom is 0.319 e. The van der Waals surface area contributed by atoms with Crippen molar-refractivity contribution in [2.75, 3.05) is 10.6 Å². The second-order valence-electron chi connectivity index (χ2n) is 6.84. The highest BCUT2D eigenvalue weighted by atomic mass is 16.2. The molecule has 130 valence electrons. The van der Waals surface area contributed by atoms with Gasteiger partial charge in [-0.15, -0.1) is 0 Å². The van der Waals surface area contributed by atoms with Gasteiger partial charge in [0.05, 0.1) is 6.20 Å². The van der Waals surface area contributed by atoms with E-state index in [1.165, 1.54) is 0 Å². The first-order valence-corrected chi connectivity index (χ1v) is 8.55. The number of carbonyl (C=O) groups excluding carboxylic acids is 2. The maximum atomic E-state index is 12.4. The van der Waals surface area contributed by atoms with Crippen molar-refractivity contribution in [1.82, 2.24) is 15.1 Å². The summed E-state index contributed by atoms with van der Waals surface area (Å²) in [6, 6.07) is 7.31. The minimum absolute atomic E-state index is 0.00781. The molecule has 2 aliphatic carbocycles. The molecule has 1 aromatic heterocycles. The molecule has 1 aromatic carbocycles. The van der Waals surface area contributed by atoms with Crippen LogP contribution in [0.3, 0.4) is 0 Å². The van der Waals surface area contributed by atoms with E-state index in [0.29, 0.717) is 17.4 Å². The molecule has 0 bridgehead atoms. The third-order valence-corrected chi connectivity index (χ3v) is 4.58. The summed E-state index contributed by atoms with van der Waals surface area (Å²) >= 11 is 0. The third kappa shape index (κ3) is 3.81. The Labute approximate surface area is 145 Å². The van der Waals surface area contributed by atoms with Crippen LogP contribution in [0.4, 0.5) is 16.2 Å². The van der Waals surface area contributed by atoms with Crippen LogP contribution in [0.25, 0.3) is 0 Å². The third-order valence-electron chi connectivity index (χ3n) is 4.58. The highest BCUT2D eigenvalue weighted by Gasteiger charge is 2.44. The van der Waals surface area contributed by atoms with E-state index in [9.17, 15) is 9.59 Å². The lowest BCUT2D eigenvalue weighted by Gasteiger charge is -2.09. The fourth-order valence-electron chi connectivity index (χ4n) is 2.97. The van der Waals surface area contributed by atoms with Crippen molar-refractivity contribution in [2.45, 2.75) is 31.2 Å². The molecular formula is C18H21N5O2. The van der Waals surface area contributed by atoms with Crippen LogP contribution in [0.15, 0.2) is 36.7 Å². The number of nitrogens with one attached hydrogen (secondary N) is 3. The van der Waals surface area contributed by atoms with Crippen molar-refractivity contribution >= 4 is 23.3 Å². The standard InChI is InChI=1S/C18H21N5O2/c1-23-10-11(9-19-23)15-8-16(15)17(24)20-13-3-2-4-14(7-13)22-18(25)21-12-5-6-12/h2-4,7,9-10,12,15-16H,5-6,8H2,1H3,(H,20,24)(H2,21,22,25)/t15-,16+/m0/s1. The highest BCUT2D eigenvalue weighted by Crippen LogP contribution is 2.47. The van der Waals surface area contributed by atoms with Gasteiger partial charge >= 0.3 is 6.03 Å². The predicted molar refractivity (Wildman–Crippen MR) is 94.3 cm³/mol. The molecule has 0 radical (unpaired) electrons. The highest BCUT2D eigenvalue weighted by molar-refractivity contribution is 5.96. The second kappa shape index (κ2) is 6.23. The molecule has 2 atom stereocenters. The van der Waals surface area contributed by atoms with Gasteiger partial charge < -0.3 is 16.0 Å². The van der Waals surface area contributed by atoms with Crippen molar-refractivity contribution in [3.8, 4) is 0 Å². The van der Waals surface area contributed by atoms with Crippen LogP contribution in [-0.4, -0.2) is 27.8 Å². The lowest BCUT2D eigenvalue weighted by molar-refractivity contribution is -0.117. The van der Waals surface area contributed by atoms with Crippen molar-refractivity contribution < 1.29 is 9.59 Å². The van der Waals surface area contributed by atoms with E-state index >= 15 is 0 Å². The van der Waals surface area contributed by atoms with Crippen LogP contribution in [0.1, 0.15) is 30.7 Å². The summed E-state index contributed by atoms with van der Waals surface area (Å²) in [6.07, 6.45) is 6.72. The Balaban J connectivity index is 1.33. The number of hydrogen-bond donors (Lipinski definition) is 3. The summed E-state index contributed by atoms with van der Waals surface area (Å²) in [5, 5.41) is 12.8. The average molecular weight is 339 g/mol. The Bertz CT molecular complexity index is 811. The summed E-state index contributed by atoms with van der Waals surface area (Å²) in [6.45, 7) is 0. The predicted octanol–water partition coefficient (Wildman–Crippen LogP) is 2.45. The number of aryl methyl sites for hydroxylation is 1. The van der Waals surface area contributed by atoms with Crippen LogP contribution in [0.5, 0.6) is 0 Å². The van der Waals surface area contributed by atoms with Gasteiger partial charge in [0.1, 0.15) is 0 Å². The van der Waals surface area contributed by atoms with E-state index < -0.39 is 0 Å². The van der Waals surface area contributed by atoms with Gasteiger partial charge in [-0.25, -0.2) is 4.79 Å². The molecule has 4 rings (SSSR count). The summed E-state index contributed by atoms with van der Waals surface area (Å²) in [5.41, 5.74) is 2.46. The van der Waals surface area contributed by atoms with E-state index in [1.54, 1.807) is 16.8 Å². The fraction of sp³-hybridized carbons (Fsp3) is 0.389. The molecule has 25 heavy (non-hydrogen) atoms. The van der Waals surface area contributed by atoms with Crippen LogP contribution in [-0.2, 0) is 11.8 Å². The zero-order valence-corrected chi connectivity index (χ0v) is 14.0. The Morgan fingerprint density at radius 2 is 1.96 bits per heavy atom. The molecule has 7 heteroatoms. The maximum absolute atomic E-state index is 12.4. The first kappa shape index (κ1) is 15.7. The van der Waals surface area contributed by atoms with Gasteiger partial charge in [0.15, 0.2) is 0 Å². The first-order valence-electron chi connectivity index (χ1n) is 8.55. The topological polar surface area (TPSA) is 88.0 Å². The minimum Gasteiger partial charge on any atom is -0.335 e. The number of amides is 3. The lowest BCUT2D eigenvalue weighted by Crippen LogP contribution is -2.30. The van der Waals surface area contributed by atoms with Crippen molar-refractivity contribution in [1.29, 1.82) is 0 Å². The number of aromatic nitrogens is 2. The first-order chi connectivity index (χ1) is 12.1. The SMILES string of the molecule is Cn1cc([C@@H]2C[C@H]2C(=O)Nc2cccc(NC(=O)NC3CC3)c2)cn1. The molecule has 2 saturated carbocycles. The quantitative estimate of drug-likeness (QED) is 0.782. The van der Waals surface area contributed by atoms with Crippen LogP contribution < -0.4 is 16.0 Å². The minimum atomic E-state index is -0.204. The normalized spacial score (nSPS) is 21.5. The summed E-state index contributed by atoms with van der Waals surface area (Å²) in [5.74, 6) is 0.242. The van der Waals surface area contributed by atoms with Crippen LogP contribution in [0, 0.1) is 5.92 Å². The van der Waals surface area contributed by atoms with Gasteiger partial charge in [-0.1, -0.05) is 6.07 Å². The molecule has 3 N–H and O–H groups in total. The van der Waals surface area contributed by atoms with Gasteiger partial charge in [-0.05, 0) is 48.9 Å². The molecule has 0 aliphatic heterocycles. The van der Waals surface area contributed by atoms with E-state index in [4.69, 9.17) is 0 Å². The number of nitrogens with zero attached hydrogens (tertiary/aromatic N) is 2. The molecular weight excluding hydrogens is 318 g/mol. The molecule has 0 spiro atoms. The average Bonchev–Trinajstić information content (AvgIpc) is 3.48. The monoisotopic (exact) mass is 339 g/mol. The largest absolute Gasteiger partial charge is 0.335 e. The number of anilines is 2. The number of carbonyl (C=O) groups is 2. The Kier molecular flexibility index (Phi) is 3.91. The van der Waals surface area contributed by atoms with Gasteiger partial charge in [0.25, 0.3) is 0 Å². The van der Waals surface area contributed by atoms with E-state index in [2.05, 4.69) is 21.0 Å². The molecule has 2 fully saturated rings. The molecule has 2 aromatic rings. The molecule has 1 heterocycles. The zero-order chi connectivity index (χ0) is 17.4. The van der Waals surface area contributed by atoms with Crippen LogP contribution in [0.2, 0.25) is 0 Å². The zero-order valence-electron chi connectivity index (χ0n) is 14.0. The van der Waals surface area contributed by atoms with Gasteiger partial charge in [-0.3, -0.25) is 9.48 Å². The van der Waals surface area contributed by atoms with E-state index in [-0.39, 0.29) is 23.8 Å². The van der Waals surface area contributed by atoms with Gasteiger partial charge in [0.2, 0.25) is 5.91 Å². The summed E-state index contributed by atoms with van der Waals surface area (Å²) < 4.78 is 1.75. The Morgan fingerprint density at radius 1 is 1.20 bits per heavy atom. The number of hydrogen-bond acceptors (Lipinski definition) is 3. The van der Waals surface area contributed by atoms with E-state index in [1.807, 2.05) is 31.6 Å². The van der Waals surface area contributed by atoms with Crippen molar-refractivity contribution in [3.05, 3.63) is 42.2 Å². The molecule has 7 nitrogen and oxygen atoms in total. The van der Waals surface area contributed by atoms with Gasteiger partial charge in [0, 0.05) is 36.6 Å². The molecule has 3 amide bonds. The summed E-state index contributed by atoms with van der Waals surface area (Å²) in [7, 11) is 1.87. The smallest absolute Gasteiger partial charge is 0.319 e. The number of rotatable bonds is 5. The second-order valence-corrected chi connectivity index (χ2v) is 6.84. The Morgan fingerprint density at radius 3 is 2.64 bits per heavy atom. The molecule has 2 aliphatic rings. The number of benzene rings is 1. The lowest BCUT2D eigenvalue weighted by atomic mass is 10.2. The molecule has 0 unspecified atom stereocenters. The Hall–Kier alpha value is -2.83.